The summed E-state index contributed by atoms with van der Waals surface area (Å²) >= 11 is 2.97. The highest BCUT2D eigenvalue weighted by Crippen LogP contribution is 2.33. The van der Waals surface area contributed by atoms with Crippen molar-refractivity contribution in [2.24, 2.45) is 0 Å². The van der Waals surface area contributed by atoms with E-state index < -0.39 is 17.6 Å². The van der Waals surface area contributed by atoms with E-state index >= 15 is 0 Å². The molecule has 0 aliphatic rings. The Morgan fingerprint density at radius 3 is 2.33 bits per heavy atom. The maximum absolute atomic E-state index is 13.2. The Kier molecular flexibility index (Phi) is 6.94. The molecule has 0 spiro atoms. The molecule has 0 fully saturated rings. The number of hydrogen-bond donors (Lipinski definition) is 1. The molecule has 0 unspecified atom stereocenters. The third kappa shape index (κ3) is 5.48. The maximum Gasteiger partial charge on any atom is 0.417 e. The van der Waals surface area contributed by atoms with Crippen molar-refractivity contribution in [2.45, 2.75) is 16.0 Å². The van der Waals surface area contributed by atoms with Crippen LogP contribution in [0.3, 0.4) is 0 Å². The molecule has 0 aliphatic heterocycles. The average molecular weight is 451 g/mol. The molecule has 0 bridgehead atoms. The molecular formula is C21H17F3N2O2S2. The molecule has 1 aromatic heterocycles. The highest BCUT2D eigenvalue weighted by Gasteiger charge is 2.33. The van der Waals surface area contributed by atoms with Crippen LogP contribution >= 0.6 is 23.5 Å². The van der Waals surface area contributed by atoms with Gasteiger partial charge >= 0.3 is 6.18 Å². The summed E-state index contributed by atoms with van der Waals surface area (Å²) in [6, 6.07) is 14.7. The van der Waals surface area contributed by atoms with Crippen LogP contribution in [0.1, 0.15) is 15.9 Å². The first kappa shape index (κ1) is 22.0. The van der Waals surface area contributed by atoms with Gasteiger partial charge in [0.15, 0.2) is 0 Å². The second-order valence-electron chi connectivity index (χ2n) is 6.04. The third-order valence-corrected chi connectivity index (χ3v) is 5.46. The quantitative estimate of drug-likeness (QED) is 0.430. The molecule has 156 valence electrons. The van der Waals surface area contributed by atoms with Crippen LogP contribution in [0.25, 0.3) is 0 Å². The summed E-state index contributed by atoms with van der Waals surface area (Å²) in [5, 5.41) is 2.62. The van der Waals surface area contributed by atoms with Gasteiger partial charge in [0.25, 0.3) is 5.91 Å². The predicted octanol–water partition coefficient (Wildman–Crippen LogP) is 6.59. The van der Waals surface area contributed by atoms with E-state index in [1.54, 1.807) is 36.4 Å². The Balaban J connectivity index is 1.97. The summed E-state index contributed by atoms with van der Waals surface area (Å²) < 4.78 is 45.3. The average Bonchev–Trinajstić information content (AvgIpc) is 2.73. The van der Waals surface area contributed by atoms with Crippen molar-refractivity contribution in [2.75, 3.05) is 17.8 Å². The fourth-order valence-corrected chi connectivity index (χ4v) is 3.43. The fraction of sp³-hybridized carbons (Fsp3) is 0.143. The SMILES string of the molecule is CSc1cccc(NC(=O)c2cc(C(F)(F)F)cnc2Oc2cccc(SC)c2)c1. The van der Waals surface area contributed by atoms with Gasteiger partial charge < -0.3 is 10.1 Å². The van der Waals surface area contributed by atoms with Gasteiger partial charge in [0.1, 0.15) is 11.3 Å². The van der Waals surface area contributed by atoms with Gasteiger partial charge in [-0.05, 0) is 55.0 Å². The Morgan fingerprint density at radius 2 is 1.67 bits per heavy atom. The Bertz CT molecular complexity index is 1060. The first-order valence-electron chi connectivity index (χ1n) is 8.64. The minimum atomic E-state index is -4.64. The number of thioether (sulfide) groups is 2. The third-order valence-electron chi connectivity index (χ3n) is 4.01. The van der Waals surface area contributed by atoms with Crippen LogP contribution in [0, 0.1) is 0 Å². The standard InChI is InChI=1S/C21H17F3N2O2S2/c1-29-16-7-3-5-14(10-16)26-19(27)18-9-13(21(22,23)24)12-25-20(18)28-15-6-4-8-17(11-15)30-2/h3-12H,1-2H3,(H,26,27). The number of hydrogen-bond acceptors (Lipinski definition) is 5. The second kappa shape index (κ2) is 9.44. The smallest absolute Gasteiger partial charge is 0.417 e. The lowest BCUT2D eigenvalue weighted by Gasteiger charge is -2.14. The zero-order chi connectivity index (χ0) is 21.7. The van der Waals surface area contributed by atoms with E-state index in [0.717, 1.165) is 15.9 Å². The molecule has 3 rings (SSSR count). The van der Waals surface area contributed by atoms with Gasteiger partial charge in [-0.2, -0.15) is 13.2 Å². The van der Waals surface area contributed by atoms with E-state index in [1.807, 2.05) is 24.6 Å². The number of halogens is 3. The summed E-state index contributed by atoms with van der Waals surface area (Å²) in [6.07, 6.45) is -0.222. The summed E-state index contributed by atoms with van der Waals surface area (Å²) in [5.74, 6) is -0.588. The molecule has 1 heterocycles. The van der Waals surface area contributed by atoms with E-state index in [1.165, 1.54) is 23.5 Å². The van der Waals surface area contributed by atoms with Crippen LogP contribution in [0.15, 0.2) is 70.6 Å². The van der Waals surface area contributed by atoms with Crippen LogP contribution in [0.2, 0.25) is 0 Å². The number of carbonyl (C=O) groups is 1. The number of alkyl halides is 3. The number of nitrogens with one attached hydrogen (secondary N) is 1. The summed E-state index contributed by atoms with van der Waals surface area (Å²) in [5.41, 5.74) is -0.885. The summed E-state index contributed by atoms with van der Waals surface area (Å²) in [7, 11) is 0. The van der Waals surface area contributed by atoms with Gasteiger partial charge in [-0.1, -0.05) is 12.1 Å². The van der Waals surface area contributed by atoms with Gasteiger partial charge in [-0.15, -0.1) is 23.5 Å². The molecule has 9 heteroatoms. The minimum Gasteiger partial charge on any atom is -0.438 e. The maximum atomic E-state index is 13.2. The van der Waals surface area contributed by atoms with E-state index in [4.69, 9.17) is 4.74 Å². The van der Waals surface area contributed by atoms with Gasteiger partial charge in [-0.3, -0.25) is 4.79 Å². The van der Waals surface area contributed by atoms with Crippen molar-refractivity contribution in [3.8, 4) is 11.6 Å². The van der Waals surface area contributed by atoms with Crippen molar-refractivity contribution >= 4 is 35.1 Å². The number of carbonyl (C=O) groups excluding carboxylic acids is 1. The Hall–Kier alpha value is -2.65. The van der Waals surface area contributed by atoms with Crippen LogP contribution in [0.4, 0.5) is 18.9 Å². The monoisotopic (exact) mass is 450 g/mol. The van der Waals surface area contributed by atoms with Gasteiger partial charge in [0.05, 0.1) is 5.56 Å². The number of benzene rings is 2. The molecular weight excluding hydrogens is 433 g/mol. The highest BCUT2D eigenvalue weighted by molar-refractivity contribution is 7.98. The highest BCUT2D eigenvalue weighted by atomic mass is 32.2. The topological polar surface area (TPSA) is 51.2 Å². The normalized spacial score (nSPS) is 11.2. The number of ether oxygens (including phenoxy) is 1. The number of amides is 1. The number of aromatic nitrogens is 1. The van der Waals surface area contributed by atoms with Crippen molar-refractivity contribution in [1.82, 2.24) is 4.98 Å². The Morgan fingerprint density at radius 1 is 1.00 bits per heavy atom. The van der Waals surface area contributed by atoms with Gasteiger partial charge in [0, 0.05) is 21.7 Å². The second-order valence-corrected chi connectivity index (χ2v) is 7.80. The van der Waals surface area contributed by atoms with Crippen LogP contribution < -0.4 is 10.1 Å². The van der Waals surface area contributed by atoms with Crippen molar-refractivity contribution < 1.29 is 22.7 Å². The molecule has 2 aromatic carbocycles. The first-order chi connectivity index (χ1) is 14.3. The predicted molar refractivity (Wildman–Crippen MR) is 114 cm³/mol. The first-order valence-corrected chi connectivity index (χ1v) is 11.1. The molecule has 0 saturated carbocycles. The fourth-order valence-electron chi connectivity index (χ4n) is 2.53. The van der Waals surface area contributed by atoms with Crippen LogP contribution in [0.5, 0.6) is 11.6 Å². The number of rotatable bonds is 6. The van der Waals surface area contributed by atoms with E-state index in [2.05, 4.69) is 10.3 Å². The molecule has 1 amide bonds. The lowest BCUT2D eigenvalue weighted by molar-refractivity contribution is -0.137. The molecule has 1 N–H and O–H groups in total. The zero-order valence-electron chi connectivity index (χ0n) is 16.0. The number of nitrogens with zero attached hydrogens (tertiary/aromatic N) is 1. The number of anilines is 1. The molecule has 30 heavy (non-hydrogen) atoms. The van der Waals surface area contributed by atoms with E-state index in [-0.39, 0.29) is 11.4 Å². The molecule has 0 radical (unpaired) electrons. The zero-order valence-corrected chi connectivity index (χ0v) is 17.6. The lowest BCUT2D eigenvalue weighted by Crippen LogP contribution is -2.16. The largest absolute Gasteiger partial charge is 0.438 e. The van der Waals surface area contributed by atoms with E-state index in [0.29, 0.717) is 17.6 Å². The lowest BCUT2D eigenvalue weighted by atomic mass is 10.1. The molecule has 0 atom stereocenters. The molecule has 3 aromatic rings. The summed E-state index contributed by atoms with van der Waals surface area (Å²) in [4.78, 5) is 18.4. The van der Waals surface area contributed by atoms with Crippen molar-refractivity contribution in [3.05, 3.63) is 71.9 Å². The van der Waals surface area contributed by atoms with Crippen LogP contribution in [-0.2, 0) is 6.18 Å². The van der Waals surface area contributed by atoms with Gasteiger partial charge in [-0.25, -0.2) is 4.98 Å². The molecule has 4 nitrogen and oxygen atoms in total. The van der Waals surface area contributed by atoms with Crippen LogP contribution in [-0.4, -0.2) is 23.4 Å². The van der Waals surface area contributed by atoms with E-state index in [9.17, 15) is 18.0 Å². The van der Waals surface area contributed by atoms with Crippen molar-refractivity contribution in [3.63, 3.8) is 0 Å². The van der Waals surface area contributed by atoms with Crippen molar-refractivity contribution in [1.29, 1.82) is 0 Å². The Labute approximate surface area is 180 Å². The molecule has 0 saturated heterocycles. The summed E-state index contributed by atoms with van der Waals surface area (Å²) in [6.45, 7) is 0. The van der Waals surface area contributed by atoms with Gasteiger partial charge in [0.2, 0.25) is 5.88 Å². The molecule has 0 aliphatic carbocycles. The number of pyridine rings is 1. The minimum absolute atomic E-state index is 0.209.